The van der Waals surface area contributed by atoms with Crippen molar-refractivity contribution in [1.82, 2.24) is 4.98 Å². The van der Waals surface area contributed by atoms with Gasteiger partial charge < -0.3 is 5.11 Å². The molecular formula is C14H13NO3S. The van der Waals surface area contributed by atoms with E-state index in [2.05, 4.69) is 4.98 Å². The molecule has 1 unspecified atom stereocenters. The van der Waals surface area contributed by atoms with Gasteiger partial charge in [-0.1, -0.05) is 18.2 Å². The van der Waals surface area contributed by atoms with Crippen molar-refractivity contribution in [2.75, 3.05) is 0 Å². The monoisotopic (exact) mass is 275 g/mol. The highest BCUT2D eigenvalue weighted by Gasteiger charge is 2.09. The van der Waals surface area contributed by atoms with Crippen LogP contribution in [-0.4, -0.2) is 20.3 Å². The third kappa shape index (κ3) is 3.48. The molecule has 5 heteroatoms. The van der Waals surface area contributed by atoms with Crippen molar-refractivity contribution < 1.29 is 14.1 Å². The summed E-state index contributed by atoms with van der Waals surface area (Å²) < 4.78 is 12.2. The van der Waals surface area contributed by atoms with E-state index >= 15 is 0 Å². The van der Waals surface area contributed by atoms with E-state index in [4.69, 9.17) is 5.11 Å². The van der Waals surface area contributed by atoms with Crippen LogP contribution in [0.2, 0.25) is 0 Å². The molecule has 19 heavy (non-hydrogen) atoms. The SMILES string of the molecule is Cc1cccc(S(=O)Cc2cccc(C(=O)O)n2)c1. The number of rotatable bonds is 4. The molecule has 0 aliphatic rings. The lowest BCUT2D eigenvalue weighted by atomic mass is 10.2. The maximum atomic E-state index is 12.2. The third-order valence-electron chi connectivity index (χ3n) is 2.56. The lowest BCUT2D eigenvalue weighted by Crippen LogP contribution is -2.05. The fraction of sp³-hybridized carbons (Fsp3) is 0.143. The molecule has 0 saturated heterocycles. The minimum atomic E-state index is -1.22. The average molecular weight is 275 g/mol. The summed E-state index contributed by atoms with van der Waals surface area (Å²) in [6.07, 6.45) is 0. The largest absolute Gasteiger partial charge is 0.477 e. The quantitative estimate of drug-likeness (QED) is 0.930. The molecule has 4 nitrogen and oxygen atoms in total. The molecule has 0 aliphatic heterocycles. The van der Waals surface area contributed by atoms with Crippen LogP contribution in [0.3, 0.4) is 0 Å². The van der Waals surface area contributed by atoms with Crippen molar-refractivity contribution in [3.05, 3.63) is 59.4 Å². The number of aromatic carboxylic acids is 1. The number of pyridine rings is 1. The van der Waals surface area contributed by atoms with Gasteiger partial charge in [0.05, 0.1) is 22.2 Å². The molecular weight excluding hydrogens is 262 g/mol. The molecule has 0 bridgehead atoms. The summed E-state index contributed by atoms with van der Waals surface area (Å²) in [5.41, 5.74) is 1.52. The van der Waals surface area contributed by atoms with E-state index in [1.54, 1.807) is 18.2 Å². The zero-order valence-electron chi connectivity index (χ0n) is 10.4. The van der Waals surface area contributed by atoms with Gasteiger partial charge in [0.25, 0.3) is 0 Å². The van der Waals surface area contributed by atoms with Crippen LogP contribution in [0.25, 0.3) is 0 Å². The number of carboxylic acids is 1. The standard InChI is InChI=1S/C14H13NO3S/c1-10-4-2-6-12(8-10)19(18)9-11-5-3-7-13(15-11)14(16)17/h2-8H,9H2,1H3,(H,16,17). The van der Waals surface area contributed by atoms with Crippen molar-refractivity contribution in [3.8, 4) is 0 Å². The molecule has 2 aromatic rings. The molecule has 0 amide bonds. The highest BCUT2D eigenvalue weighted by atomic mass is 32.2. The van der Waals surface area contributed by atoms with E-state index in [0.717, 1.165) is 10.5 Å². The number of carboxylic acid groups (broad SMARTS) is 1. The van der Waals surface area contributed by atoms with Crippen molar-refractivity contribution in [1.29, 1.82) is 0 Å². The Morgan fingerprint density at radius 2 is 2.00 bits per heavy atom. The second-order valence-corrected chi connectivity index (χ2v) is 5.58. The van der Waals surface area contributed by atoms with Crippen LogP contribution in [0.4, 0.5) is 0 Å². The normalized spacial score (nSPS) is 12.1. The number of hydrogen-bond acceptors (Lipinski definition) is 3. The second kappa shape index (κ2) is 5.75. The van der Waals surface area contributed by atoms with Gasteiger partial charge in [-0.25, -0.2) is 9.78 Å². The number of carbonyl (C=O) groups is 1. The van der Waals surface area contributed by atoms with E-state index < -0.39 is 16.8 Å². The van der Waals surface area contributed by atoms with Gasteiger partial charge in [0.1, 0.15) is 5.69 Å². The van der Waals surface area contributed by atoms with Gasteiger partial charge in [-0.3, -0.25) is 4.21 Å². The van der Waals surface area contributed by atoms with Crippen LogP contribution >= 0.6 is 0 Å². The van der Waals surface area contributed by atoms with Gasteiger partial charge in [0, 0.05) is 4.90 Å². The Morgan fingerprint density at radius 1 is 1.26 bits per heavy atom. The molecule has 1 N–H and O–H groups in total. The topological polar surface area (TPSA) is 67.3 Å². The minimum Gasteiger partial charge on any atom is -0.477 e. The summed E-state index contributed by atoms with van der Waals surface area (Å²) in [5.74, 6) is -0.868. The van der Waals surface area contributed by atoms with Crippen LogP contribution in [0.1, 0.15) is 21.7 Å². The number of nitrogens with zero attached hydrogens (tertiary/aromatic N) is 1. The first-order valence-electron chi connectivity index (χ1n) is 5.70. The van der Waals surface area contributed by atoms with E-state index in [1.165, 1.54) is 6.07 Å². The lowest BCUT2D eigenvalue weighted by molar-refractivity contribution is 0.0690. The molecule has 0 fully saturated rings. The first-order valence-corrected chi connectivity index (χ1v) is 7.02. The highest BCUT2D eigenvalue weighted by molar-refractivity contribution is 7.84. The first-order chi connectivity index (χ1) is 9.06. The van der Waals surface area contributed by atoms with Gasteiger partial charge in [0.15, 0.2) is 0 Å². The van der Waals surface area contributed by atoms with Crippen molar-refractivity contribution >= 4 is 16.8 Å². The third-order valence-corrected chi connectivity index (χ3v) is 3.89. The predicted octanol–water partition coefficient (Wildman–Crippen LogP) is 2.40. The zero-order valence-corrected chi connectivity index (χ0v) is 11.2. The van der Waals surface area contributed by atoms with Gasteiger partial charge in [-0.15, -0.1) is 0 Å². The Labute approximate surface area is 113 Å². The Kier molecular flexibility index (Phi) is 4.06. The van der Waals surface area contributed by atoms with Gasteiger partial charge >= 0.3 is 5.97 Å². The Balaban J connectivity index is 2.19. The summed E-state index contributed by atoms with van der Waals surface area (Å²) >= 11 is 0. The number of benzene rings is 1. The van der Waals surface area contributed by atoms with Crippen molar-refractivity contribution in [2.24, 2.45) is 0 Å². The summed E-state index contributed by atoms with van der Waals surface area (Å²) in [4.78, 5) is 15.5. The Bertz CT molecular complexity index is 640. The first kappa shape index (κ1) is 13.4. The Morgan fingerprint density at radius 3 is 2.68 bits per heavy atom. The summed E-state index contributed by atoms with van der Waals surface area (Å²) in [6.45, 7) is 1.93. The highest BCUT2D eigenvalue weighted by Crippen LogP contribution is 2.13. The maximum Gasteiger partial charge on any atom is 0.354 e. The summed E-state index contributed by atoms with van der Waals surface area (Å²) in [7, 11) is -1.22. The van der Waals surface area contributed by atoms with Gasteiger partial charge in [0.2, 0.25) is 0 Å². The molecule has 0 spiro atoms. The minimum absolute atomic E-state index is 0.0289. The van der Waals surface area contributed by atoms with Crippen LogP contribution in [0.5, 0.6) is 0 Å². The molecule has 1 aromatic heterocycles. The molecule has 0 aliphatic carbocycles. The van der Waals surface area contributed by atoms with Gasteiger partial charge in [-0.05, 0) is 36.8 Å². The predicted molar refractivity (Wildman–Crippen MR) is 72.5 cm³/mol. The van der Waals surface area contributed by atoms with Crippen molar-refractivity contribution in [2.45, 2.75) is 17.6 Å². The fourth-order valence-corrected chi connectivity index (χ4v) is 2.80. The second-order valence-electron chi connectivity index (χ2n) is 4.13. The maximum absolute atomic E-state index is 12.2. The zero-order chi connectivity index (χ0) is 13.8. The number of aromatic nitrogens is 1. The van der Waals surface area contributed by atoms with Gasteiger partial charge in [-0.2, -0.15) is 0 Å². The molecule has 1 aromatic carbocycles. The van der Waals surface area contributed by atoms with E-state index in [1.807, 2.05) is 25.1 Å². The Hall–Kier alpha value is -2.01. The van der Waals surface area contributed by atoms with E-state index in [9.17, 15) is 9.00 Å². The summed E-state index contributed by atoms with van der Waals surface area (Å²) in [6, 6.07) is 12.1. The van der Waals surface area contributed by atoms with Crippen LogP contribution in [0.15, 0.2) is 47.4 Å². The number of hydrogen-bond donors (Lipinski definition) is 1. The van der Waals surface area contributed by atoms with E-state index in [0.29, 0.717) is 5.69 Å². The molecule has 98 valence electrons. The smallest absolute Gasteiger partial charge is 0.354 e. The van der Waals surface area contributed by atoms with E-state index in [-0.39, 0.29) is 11.4 Å². The summed E-state index contributed by atoms with van der Waals surface area (Å²) in [5, 5.41) is 8.86. The molecule has 0 saturated carbocycles. The van der Waals surface area contributed by atoms with Crippen LogP contribution in [0, 0.1) is 6.92 Å². The fourth-order valence-electron chi connectivity index (χ4n) is 1.65. The van der Waals surface area contributed by atoms with Crippen molar-refractivity contribution in [3.63, 3.8) is 0 Å². The van der Waals surface area contributed by atoms with Crippen LogP contribution < -0.4 is 0 Å². The molecule has 1 heterocycles. The molecule has 2 rings (SSSR count). The average Bonchev–Trinajstić information content (AvgIpc) is 2.39. The molecule has 0 radical (unpaired) electrons. The van der Waals surface area contributed by atoms with Crippen LogP contribution in [-0.2, 0) is 16.6 Å². The lowest BCUT2D eigenvalue weighted by Gasteiger charge is -2.04. The molecule has 1 atom stereocenters. The number of aryl methyl sites for hydroxylation is 1.